The summed E-state index contributed by atoms with van der Waals surface area (Å²) in [5, 5.41) is 2.55. The smallest absolute Gasteiger partial charge is 0.165 e. The summed E-state index contributed by atoms with van der Waals surface area (Å²) >= 11 is 3.62. The molecule has 2 aliphatic rings. The second kappa shape index (κ2) is 12.9. The van der Waals surface area contributed by atoms with Crippen LogP contribution in [0.5, 0.6) is 11.5 Å². The number of fused-ring (bicyclic) bond motifs is 8. The fraction of sp³-hybridized carbons (Fsp3) is 0.0588. The third kappa shape index (κ3) is 5.19. The average Bonchev–Trinajstić information content (AvgIpc) is 3.73. The number of thiophene rings is 1. The molecule has 8 aromatic carbocycles. The summed E-state index contributed by atoms with van der Waals surface area (Å²) in [4.78, 5) is 6.97. The van der Waals surface area contributed by atoms with Crippen LogP contribution in [0, 0.1) is 0 Å². The normalized spacial score (nSPS) is 13.4. The van der Waals surface area contributed by atoms with E-state index in [1.165, 1.54) is 42.4 Å². The van der Waals surface area contributed by atoms with Crippen molar-refractivity contribution >= 4 is 77.4 Å². The van der Waals surface area contributed by atoms with Crippen LogP contribution in [0.2, 0.25) is 0 Å². The van der Waals surface area contributed by atoms with E-state index >= 15 is 0 Å². The molecule has 11 rings (SSSR count). The molecule has 1 aromatic heterocycles. The molecule has 0 atom stereocenters. The van der Waals surface area contributed by atoms with E-state index in [0.29, 0.717) is 0 Å². The molecule has 0 bridgehead atoms. The summed E-state index contributed by atoms with van der Waals surface area (Å²) in [5.74, 6) is 1.71. The highest BCUT2D eigenvalue weighted by Gasteiger charge is 2.36. The van der Waals surface area contributed by atoms with E-state index in [4.69, 9.17) is 4.74 Å². The molecule has 0 spiro atoms. The highest BCUT2D eigenvalue weighted by Crippen LogP contribution is 2.57. The van der Waals surface area contributed by atoms with Crippen LogP contribution in [0.25, 0.3) is 31.3 Å². The lowest BCUT2D eigenvalue weighted by Crippen LogP contribution is -2.16. The third-order valence-corrected chi connectivity index (χ3v) is 13.6. The maximum Gasteiger partial charge on any atom is 0.165 e. The van der Waals surface area contributed by atoms with Crippen LogP contribution in [0.15, 0.2) is 192 Å². The highest BCUT2D eigenvalue weighted by molar-refractivity contribution is 7.99. The van der Waals surface area contributed by atoms with Crippen LogP contribution >= 0.6 is 23.1 Å². The zero-order chi connectivity index (χ0) is 37.4. The van der Waals surface area contributed by atoms with Gasteiger partial charge in [-0.25, -0.2) is 0 Å². The van der Waals surface area contributed by atoms with Crippen LogP contribution in [0.1, 0.15) is 25.0 Å². The molecule has 3 nitrogen and oxygen atoms in total. The standard InChI is InChI=1S/C51H36N2OS2/c1-51(2)41-23-11-9-20-37(41)40-30-35(28-29-42(40)51)52(33-16-5-3-6-17-33)44-31-36(32-48-49(44)54-45-25-12-14-27-47(45)55-48)53(34-18-7-4-8-19-34)43-24-15-22-39-38-21-10-13-26-46(38)56-50(39)43/h3-32H,1-2H3. The maximum atomic E-state index is 6.99. The summed E-state index contributed by atoms with van der Waals surface area (Å²) in [7, 11) is 0. The van der Waals surface area contributed by atoms with E-state index in [1.54, 1.807) is 11.8 Å². The van der Waals surface area contributed by atoms with Crippen LogP contribution in [0.4, 0.5) is 34.1 Å². The number of hydrogen-bond donors (Lipinski definition) is 0. The van der Waals surface area contributed by atoms with Gasteiger partial charge in [0.25, 0.3) is 0 Å². The molecule has 0 radical (unpaired) electrons. The number of benzene rings is 8. The van der Waals surface area contributed by atoms with Gasteiger partial charge in [0.1, 0.15) is 5.75 Å². The molecule has 0 N–H and O–H groups in total. The van der Waals surface area contributed by atoms with Gasteiger partial charge >= 0.3 is 0 Å². The van der Waals surface area contributed by atoms with Gasteiger partial charge in [-0.3, -0.25) is 0 Å². The number of ether oxygens (including phenoxy) is 1. The third-order valence-electron chi connectivity index (χ3n) is 11.3. The zero-order valence-electron chi connectivity index (χ0n) is 30.9. The lowest BCUT2D eigenvalue weighted by molar-refractivity contribution is 0.456. The van der Waals surface area contributed by atoms with Crippen molar-refractivity contribution in [2.75, 3.05) is 9.80 Å². The van der Waals surface area contributed by atoms with Gasteiger partial charge in [-0.2, -0.15) is 0 Å². The van der Waals surface area contributed by atoms with Crippen molar-refractivity contribution in [3.63, 3.8) is 0 Å². The minimum absolute atomic E-state index is 0.0889. The largest absolute Gasteiger partial charge is 0.453 e. The van der Waals surface area contributed by atoms with Gasteiger partial charge in [0.2, 0.25) is 0 Å². The van der Waals surface area contributed by atoms with Crippen LogP contribution < -0.4 is 14.5 Å². The van der Waals surface area contributed by atoms with Crippen molar-refractivity contribution in [2.24, 2.45) is 0 Å². The minimum Gasteiger partial charge on any atom is -0.453 e. The molecule has 1 aliphatic heterocycles. The molecule has 5 heteroatoms. The second-order valence-electron chi connectivity index (χ2n) is 14.9. The first-order valence-electron chi connectivity index (χ1n) is 19.0. The predicted molar refractivity (Wildman–Crippen MR) is 237 cm³/mol. The predicted octanol–water partition coefficient (Wildman–Crippen LogP) is 15.6. The molecular formula is C51H36N2OS2. The van der Waals surface area contributed by atoms with Crippen molar-refractivity contribution < 1.29 is 4.74 Å². The number of para-hydroxylation sites is 3. The molecule has 2 heterocycles. The van der Waals surface area contributed by atoms with Crippen molar-refractivity contribution in [3.05, 3.63) is 193 Å². The summed E-state index contributed by atoms with van der Waals surface area (Å²) in [6, 6.07) is 65.8. The van der Waals surface area contributed by atoms with Crippen molar-refractivity contribution in [1.29, 1.82) is 0 Å². The first-order valence-corrected chi connectivity index (χ1v) is 20.6. The molecule has 56 heavy (non-hydrogen) atoms. The van der Waals surface area contributed by atoms with Gasteiger partial charge in [-0.1, -0.05) is 135 Å². The van der Waals surface area contributed by atoms with E-state index in [2.05, 4.69) is 206 Å². The van der Waals surface area contributed by atoms with E-state index in [1.807, 2.05) is 11.3 Å². The monoisotopic (exact) mass is 756 g/mol. The Balaban J connectivity index is 1.19. The fourth-order valence-corrected chi connectivity index (χ4v) is 10.9. The van der Waals surface area contributed by atoms with E-state index in [0.717, 1.165) is 55.4 Å². The fourth-order valence-electron chi connectivity index (χ4n) is 8.66. The minimum atomic E-state index is -0.0889. The second-order valence-corrected chi connectivity index (χ2v) is 17.1. The molecular weight excluding hydrogens is 721 g/mol. The van der Waals surface area contributed by atoms with Crippen molar-refractivity contribution in [3.8, 4) is 22.6 Å². The van der Waals surface area contributed by atoms with Gasteiger partial charge in [-0.15, -0.1) is 11.3 Å². The van der Waals surface area contributed by atoms with Crippen LogP contribution in [-0.4, -0.2) is 0 Å². The number of nitrogens with zero attached hydrogens (tertiary/aromatic N) is 2. The first kappa shape index (κ1) is 33.1. The van der Waals surface area contributed by atoms with Crippen LogP contribution in [-0.2, 0) is 5.41 Å². The van der Waals surface area contributed by atoms with Crippen molar-refractivity contribution in [2.45, 2.75) is 29.1 Å². The molecule has 0 saturated carbocycles. The van der Waals surface area contributed by atoms with Gasteiger partial charge < -0.3 is 14.5 Å². The Morgan fingerprint density at radius 3 is 1.95 bits per heavy atom. The molecule has 0 unspecified atom stereocenters. The Bertz CT molecular complexity index is 2970. The highest BCUT2D eigenvalue weighted by atomic mass is 32.2. The number of anilines is 6. The maximum absolute atomic E-state index is 6.99. The number of rotatable bonds is 6. The average molecular weight is 757 g/mol. The topological polar surface area (TPSA) is 15.7 Å². The zero-order valence-corrected chi connectivity index (χ0v) is 32.6. The first-order chi connectivity index (χ1) is 27.5. The molecule has 0 fully saturated rings. The van der Waals surface area contributed by atoms with Gasteiger partial charge in [0.05, 0.1) is 25.9 Å². The van der Waals surface area contributed by atoms with Crippen LogP contribution in [0.3, 0.4) is 0 Å². The molecule has 9 aromatic rings. The Kier molecular flexibility index (Phi) is 7.63. The molecule has 1 aliphatic carbocycles. The molecule has 0 amide bonds. The van der Waals surface area contributed by atoms with Crippen molar-refractivity contribution in [1.82, 2.24) is 0 Å². The van der Waals surface area contributed by atoms with E-state index < -0.39 is 0 Å². The summed E-state index contributed by atoms with van der Waals surface area (Å²) in [5.41, 5.74) is 11.6. The Labute approximate surface area is 335 Å². The lowest BCUT2D eigenvalue weighted by atomic mass is 9.82. The molecule has 0 saturated heterocycles. The lowest BCUT2D eigenvalue weighted by Gasteiger charge is -2.33. The Hall–Kier alpha value is -6.27. The molecule has 268 valence electrons. The number of hydrogen-bond acceptors (Lipinski definition) is 5. The Morgan fingerprint density at radius 1 is 0.464 bits per heavy atom. The SMILES string of the molecule is CC1(C)c2ccccc2-c2cc(N(c3ccccc3)c3cc(N(c4ccccc4)c4cccc5c4sc4ccccc45)cc4c3Oc3ccccc3S4)ccc21. The quantitative estimate of drug-likeness (QED) is 0.168. The van der Waals surface area contributed by atoms with Gasteiger partial charge in [0, 0.05) is 43.6 Å². The Morgan fingerprint density at radius 2 is 1.12 bits per heavy atom. The summed E-state index contributed by atoms with van der Waals surface area (Å²) in [6.07, 6.45) is 0. The van der Waals surface area contributed by atoms with E-state index in [9.17, 15) is 0 Å². The summed E-state index contributed by atoms with van der Waals surface area (Å²) < 4.78 is 9.53. The summed E-state index contributed by atoms with van der Waals surface area (Å²) in [6.45, 7) is 4.67. The van der Waals surface area contributed by atoms with Gasteiger partial charge in [-0.05, 0) is 95.1 Å². The van der Waals surface area contributed by atoms with Gasteiger partial charge in [0.15, 0.2) is 5.75 Å². The van der Waals surface area contributed by atoms with E-state index in [-0.39, 0.29) is 5.41 Å².